The highest BCUT2D eigenvalue weighted by molar-refractivity contribution is 9.10. The molecule has 0 saturated carbocycles. The second kappa shape index (κ2) is 7.43. The van der Waals surface area contributed by atoms with E-state index >= 15 is 0 Å². The summed E-state index contributed by atoms with van der Waals surface area (Å²) in [5.41, 5.74) is 3.71. The third kappa shape index (κ3) is 4.46. The fourth-order valence-electron chi connectivity index (χ4n) is 1.97. The highest BCUT2D eigenvalue weighted by Crippen LogP contribution is 2.14. The molecule has 1 N–H and O–H groups in total. The first-order valence-corrected chi connectivity index (χ1v) is 7.12. The van der Waals surface area contributed by atoms with Gasteiger partial charge < -0.3 is 10.1 Å². The topological polar surface area (TPSA) is 21.3 Å². The van der Waals surface area contributed by atoms with Gasteiger partial charge in [0, 0.05) is 11.0 Å². The van der Waals surface area contributed by atoms with E-state index in [2.05, 4.69) is 57.6 Å². The van der Waals surface area contributed by atoms with Crippen molar-refractivity contribution in [2.75, 3.05) is 7.05 Å². The molecule has 0 aromatic heterocycles. The van der Waals surface area contributed by atoms with Crippen LogP contribution in [-0.2, 0) is 24.5 Å². The Morgan fingerprint density at radius 1 is 1.00 bits per heavy atom. The quantitative estimate of drug-likeness (QED) is 0.872. The van der Waals surface area contributed by atoms with Gasteiger partial charge in [-0.05, 0) is 35.9 Å². The van der Waals surface area contributed by atoms with Crippen molar-refractivity contribution in [3.63, 3.8) is 0 Å². The van der Waals surface area contributed by atoms with Gasteiger partial charge in [-0.1, -0.05) is 52.3 Å². The van der Waals surface area contributed by atoms with Crippen molar-refractivity contribution in [3.05, 3.63) is 69.7 Å². The molecule has 0 saturated heterocycles. The van der Waals surface area contributed by atoms with E-state index in [1.165, 1.54) is 16.7 Å². The third-order valence-electron chi connectivity index (χ3n) is 2.90. The van der Waals surface area contributed by atoms with Crippen LogP contribution >= 0.6 is 15.9 Å². The monoisotopic (exact) mass is 319 g/mol. The summed E-state index contributed by atoms with van der Waals surface area (Å²) in [6, 6.07) is 16.6. The first-order valence-electron chi connectivity index (χ1n) is 6.33. The van der Waals surface area contributed by atoms with Crippen molar-refractivity contribution in [1.29, 1.82) is 0 Å². The van der Waals surface area contributed by atoms with Gasteiger partial charge in [-0.2, -0.15) is 0 Å². The van der Waals surface area contributed by atoms with E-state index in [0.29, 0.717) is 13.2 Å². The summed E-state index contributed by atoms with van der Waals surface area (Å²) >= 11 is 3.47. The molecule has 0 aliphatic heterocycles. The minimum atomic E-state index is 0.632. The Kier molecular flexibility index (Phi) is 5.58. The van der Waals surface area contributed by atoms with Crippen LogP contribution in [-0.4, -0.2) is 7.05 Å². The number of hydrogen-bond donors (Lipinski definition) is 1. The van der Waals surface area contributed by atoms with E-state index in [4.69, 9.17) is 4.74 Å². The molecule has 2 rings (SSSR count). The van der Waals surface area contributed by atoms with Gasteiger partial charge >= 0.3 is 0 Å². The molecule has 3 heteroatoms. The van der Waals surface area contributed by atoms with Gasteiger partial charge in [0.25, 0.3) is 0 Å². The zero-order valence-electron chi connectivity index (χ0n) is 11.0. The molecule has 0 spiro atoms. The van der Waals surface area contributed by atoms with Crippen LogP contribution < -0.4 is 5.32 Å². The molecule has 19 heavy (non-hydrogen) atoms. The lowest BCUT2D eigenvalue weighted by molar-refractivity contribution is 0.106. The lowest BCUT2D eigenvalue weighted by atomic mass is 10.1. The van der Waals surface area contributed by atoms with Crippen molar-refractivity contribution >= 4 is 15.9 Å². The first-order chi connectivity index (χ1) is 9.29. The smallest absolute Gasteiger partial charge is 0.0724 e. The lowest BCUT2D eigenvalue weighted by Crippen LogP contribution is -2.08. The standard InChI is InChI=1S/C16H18BrNO/c1-18-10-14-6-2-3-7-15(14)12-19-11-13-5-4-8-16(17)9-13/h2-9,18H,10-12H2,1H3. The predicted molar refractivity (Wildman–Crippen MR) is 81.8 cm³/mol. The first kappa shape index (κ1) is 14.3. The van der Waals surface area contributed by atoms with E-state index in [1.54, 1.807) is 0 Å². The second-order valence-corrected chi connectivity index (χ2v) is 5.34. The van der Waals surface area contributed by atoms with Crippen LogP contribution in [0.4, 0.5) is 0 Å². The fraction of sp³-hybridized carbons (Fsp3) is 0.250. The van der Waals surface area contributed by atoms with Crippen molar-refractivity contribution in [2.24, 2.45) is 0 Å². The average Bonchev–Trinajstić information content (AvgIpc) is 2.41. The van der Waals surface area contributed by atoms with Gasteiger partial charge in [0.05, 0.1) is 13.2 Å². The molecule has 2 nitrogen and oxygen atoms in total. The molecule has 0 atom stereocenters. The number of rotatable bonds is 6. The molecule has 0 fully saturated rings. The molecule has 0 bridgehead atoms. The molecular formula is C16H18BrNO. The molecule has 0 amide bonds. The van der Waals surface area contributed by atoms with E-state index in [1.807, 2.05) is 19.2 Å². The molecule has 100 valence electrons. The number of ether oxygens (including phenoxy) is 1. The Morgan fingerprint density at radius 2 is 1.79 bits per heavy atom. The highest BCUT2D eigenvalue weighted by Gasteiger charge is 2.01. The summed E-state index contributed by atoms with van der Waals surface area (Å²) in [7, 11) is 1.96. The van der Waals surface area contributed by atoms with Crippen molar-refractivity contribution in [1.82, 2.24) is 5.32 Å². The van der Waals surface area contributed by atoms with Gasteiger partial charge in [-0.25, -0.2) is 0 Å². The second-order valence-electron chi connectivity index (χ2n) is 4.42. The van der Waals surface area contributed by atoms with E-state index in [9.17, 15) is 0 Å². The summed E-state index contributed by atoms with van der Waals surface area (Å²) in [5, 5.41) is 3.18. The van der Waals surface area contributed by atoms with Crippen LogP contribution in [0.5, 0.6) is 0 Å². The van der Waals surface area contributed by atoms with Crippen LogP contribution in [0.3, 0.4) is 0 Å². The van der Waals surface area contributed by atoms with Gasteiger partial charge in [0.1, 0.15) is 0 Å². The van der Waals surface area contributed by atoms with E-state index < -0.39 is 0 Å². The van der Waals surface area contributed by atoms with Crippen LogP contribution in [0.2, 0.25) is 0 Å². The van der Waals surface area contributed by atoms with Crippen molar-refractivity contribution in [2.45, 2.75) is 19.8 Å². The summed E-state index contributed by atoms with van der Waals surface area (Å²) in [6.07, 6.45) is 0. The number of halogens is 1. The number of benzene rings is 2. The minimum absolute atomic E-state index is 0.632. The third-order valence-corrected chi connectivity index (χ3v) is 3.39. The summed E-state index contributed by atoms with van der Waals surface area (Å²) in [5.74, 6) is 0. The predicted octanol–water partition coefficient (Wildman–Crippen LogP) is 3.89. The lowest BCUT2D eigenvalue weighted by Gasteiger charge is -2.10. The summed E-state index contributed by atoms with van der Waals surface area (Å²) in [6.45, 7) is 2.15. The fourth-order valence-corrected chi connectivity index (χ4v) is 2.41. The molecule has 0 unspecified atom stereocenters. The zero-order valence-corrected chi connectivity index (χ0v) is 12.6. The highest BCUT2D eigenvalue weighted by atomic mass is 79.9. The maximum absolute atomic E-state index is 5.80. The largest absolute Gasteiger partial charge is 0.372 e. The Morgan fingerprint density at radius 3 is 2.53 bits per heavy atom. The Labute approximate surface area is 122 Å². The Hall–Kier alpha value is -1.16. The van der Waals surface area contributed by atoms with Gasteiger partial charge in [0.2, 0.25) is 0 Å². The van der Waals surface area contributed by atoms with Gasteiger partial charge in [-0.3, -0.25) is 0 Å². The maximum atomic E-state index is 5.80. The van der Waals surface area contributed by atoms with Crippen LogP contribution in [0.15, 0.2) is 53.0 Å². The molecule has 0 aliphatic carbocycles. The summed E-state index contributed by atoms with van der Waals surface area (Å²) in [4.78, 5) is 0. The van der Waals surface area contributed by atoms with E-state index in [0.717, 1.165) is 11.0 Å². The van der Waals surface area contributed by atoms with Gasteiger partial charge in [-0.15, -0.1) is 0 Å². The molecule has 2 aromatic rings. The number of hydrogen-bond acceptors (Lipinski definition) is 2. The SMILES string of the molecule is CNCc1ccccc1COCc1cccc(Br)c1. The minimum Gasteiger partial charge on any atom is -0.372 e. The molecule has 2 aromatic carbocycles. The van der Waals surface area contributed by atoms with E-state index in [-0.39, 0.29) is 0 Å². The van der Waals surface area contributed by atoms with Crippen LogP contribution in [0, 0.1) is 0 Å². The van der Waals surface area contributed by atoms with Crippen molar-refractivity contribution in [3.8, 4) is 0 Å². The van der Waals surface area contributed by atoms with Gasteiger partial charge in [0.15, 0.2) is 0 Å². The Balaban J connectivity index is 1.92. The molecule has 0 aliphatic rings. The summed E-state index contributed by atoms with van der Waals surface area (Å²) < 4.78 is 6.89. The Bertz CT molecular complexity index is 528. The zero-order chi connectivity index (χ0) is 13.5. The molecular weight excluding hydrogens is 302 g/mol. The molecule has 0 radical (unpaired) electrons. The van der Waals surface area contributed by atoms with Crippen LogP contribution in [0.25, 0.3) is 0 Å². The van der Waals surface area contributed by atoms with Crippen molar-refractivity contribution < 1.29 is 4.74 Å². The molecule has 0 heterocycles. The normalized spacial score (nSPS) is 10.6. The maximum Gasteiger partial charge on any atom is 0.0724 e. The van der Waals surface area contributed by atoms with Crippen LogP contribution in [0.1, 0.15) is 16.7 Å². The number of nitrogens with one attached hydrogen (secondary N) is 1. The average molecular weight is 320 g/mol.